The molecule has 0 spiro atoms. The molecular formula is C16H14O4. The van der Waals surface area contributed by atoms with Crippen LogP contribution in [0.15, 0.2) is 63.5 Å². The molecule has 0 fully saturated rings. The van der Waals surface area contributed by atoms with Crippen LogP contribution < -0.4 is 0 Å². The summed E-state index contributed by atoms with van der Waals surface area (Å²) in [5.41, 5.74) is 2.87. The maximum Gasteiger partial charge on any atom is 0.151 e. The Hall–Kier alpha value is -2.44. The standard InChI is InChI=1S/C16H14O4/c1-2-12(16(18)15-9-5-11-20-15)6-3-7-13(17)14-8-4-10-19-14/h4-5,8-11,13,16-18H,1,7H2. The molecule has 4 heteroatoms. The molecule has 0 aromatic carbocycles. The number of aliphatic hydroxyl groups is 2. The third kappa shape index (κ3) is 3.31. The summed E-state index contributed by atoms with van der Waals surface area (Å²) in [6.07, 6.45) is 1.33. The van der Waals surface area contributed by atoms with Crippen molar-refractivity contribution in [3.63, 3.8) is 0 Å². The highest BCUT2D eigenvalue weighted by Gasteiger charge is 2.14. The molecule has 0 amide bonds. The maximum atomic E-state index is 10.0. The second kappa shape index (κ2) is 6.65. The zero-order valence-electron chi connectivity index (χ0n) is 10.7. The van der Waals surface area contributed by atoms with Gasteiger partial charge in [-0.1, -0.05) is 18.4 Å². The van der Waals surface area contributed by atoms with Crippen LogP contribution in [0, 0.1) is 11.8 Å². The Kier molecular flexibility index (Phi) is 4.65. The minimum absolute atomic E-state index is 0.184. The van der Waals surface area contributed by atoms with Crippen molar-refractivity contribution in [1.82, 2.24) is 0 Å². The maximum absolute atomic E-state index is 10.0. The highest BCUT2D eigenvalue weighted by molar-refractivity contribution is 5.34. The summed E-state index contributed by atoms with van der Waals surface area (Å²) in [5.74, 6) is 6.32. The summed E-state index contributed by atoms with van der Waals surface area (Å²) in [4.78, 5) is 0. The van der Waals surface area contributed by atoms with Crippen LogP contribution >= 0.6 is 0 Å². The van der Waals surface area contributed by atoms with Crippen molar-refractivity contribution < 1.29 is 19.0 Å². The SMILES string of the molecule is C=C=C(C#CCC(O)c1ccco1)C(O)c1ccco1. The average Bonchev–Trinajstić information content (AvgIpc) is 3.15. The van der Waals surface area contributed by atoms with Gasteiger partial charge in [0.25, 0.3) is 0 Å². The van der Waals surface area contributed by atoms with Gasteiger partial charge in [-0.05, 0) is 24.3 Å². The van der Waals surface area contributed by atoms with Crippen molar-refractivity contribution in [3.05, 3.63) is 66.2 Å². The van der Waals surface area contributed by atoms with Crippen LogP contribution in [0.2, 0.25) is 0 Å². The first-order chi connectivity index (χ1) is 9.72. The fourth-order valence-corrected chi connectivity index (χ4v) is 1.62. The molecule has 4 nitrogen and oxygen atoms in total. The molecule has 102 valence electrons. The largest absolute Gasteiger partial charge is 0.467 e. The summed E-state index contributed by atoms with van der Waals surface area (Å²) in [5, 5.41) is 19.8. The normalized spacial score (nSPS) is 12.9. The van der Waals surface area contributed by atoms with Crippen molar-refractivity contribution in [3.8, 4) is 11.8 Å². The summed E-state index contributed by atoms with van der Waals surface area (Å²) in [7, 11) is 0. The second-order valence-corrected chi connectivity index (χ2v) is 4.05. The minimum Gasteiger partial charge on any atom is -0.467 e. The van der Waals surface area contributed by atoms with Gasteiger partial charge in [0.1, 0.15) is 17.6 Å². The molecule has 20 heavy (non-hydrogen) atoms. The highest BCUT2D eigenvalue weighted by Crippen LogP contribution is 2.21. The van der Waals surface area contributed by atoms with Crippen LogP contribution in [0.25, 0.3) is 0 Å². The first kappa shape index (κ1) is 14.0. The smallest absolute Gasteiger partial charge is 0.151 e. The average molecular weight is 270 g/mol. The van der Waals surface area contributed by atoms with E-state index in [-0.39, 0.29) is 6.42 Å². The van der Waals surface area contributed by atoms with Crippen molar-refractivity contribution in [1.29, 1.82) is 0 Å². The minimum atomic E-state index is -1.00. The number of hydrogen-bond donors (Lipinski definition) is 2. The van der Waals surface area contributed by atoms with Gasteiger partial charge in [0.05, 0.1) is 18.1 Å². The summed E-state index contributed by atoms with van der Waals surface area (Å²) >= 11 is 0. The highest BCUT2D eigenvalue weighted by atomic mass is 16.4. The van der Waals surface area contributed by atoms with Gasteiger partial charge < -0.3 is 19.0 Å². The van der Waals surface area contributed by atoms with Crippen LogP contribution in [-0.2, 0) is 0 Å². The van der Waals surface area contributed by atoms with E-state index in [4.69, 9.17) is 8.83 Å². The quantitative estimate of drug-likeness (QED) is 0.662. The van der Waals surface area contributed by atoms with Gasteiger partial charge in [-0.3, -0.25) is 0 Å². The van der Waals surface area contributed by atoms with E-state index in [1.807, 2.05) is 0 Å². The van der Waals surface area contributed by atoms with Crippen molar-refractivity contribution >= 4 is 0 Å². The first-order valence-electron chi connectivity index (χ1n) is 6.04. The topological polar surface area (TPSA) is 66.7 Å². The lowest BCUT2D eigenvalue weighted by Gasteiger charge is -2.05. The van der Waals surface area contributed by atoms with Crippen molar-refractivity contribution in [2.24, 2.45) is 0 Å². The number of rotatable bonds is 4. The van der Waals surface area contributed by atoms with E-state index in [9.17, 15) is 10.2 Å². The number of furan rings is 2. The van der Waals surface area contributed by atoms with Crippen molar-refractivity contribution in [2.45, 2.75) is 18.6 Å². The molecular weight excluding hydrogens is 256 g/mol. The molecule has 0 saturated carbocycles. The predicted octanol–water partition coefficient (Wildman–Crippen LogP) is 2.74. The molecule has 2 aromatic rings. The van der Waals surface area contributed by atoms with Crippen LogP contribution in [-0.4, -0.2) is 10.2 Å². The predicted molar refractivity (Wildman–Crippen MR) is 72.4 cm³/mol. The Bertz CT molecular complexity index is 634. The number of aliphatic hydroxyl groups excluding tert-OH is 2. The molecule has 2 N–H and O–H groups in total. The Morgan fingerprint density at radius 3 is 2.35 bits per heavy atom. The second-order valence-electron chi connectivity index (χ2n) is 4.05. The summed E-state index contributed by atoms with van der Waals surface area (Å²) in [6.45, 7) is 3.49. The Morgan fingerprint density at radius 2 is 1.80 bits per heavy atom. The van der Waals surface area contributed by atoms with Crippen molar-refractivity contribution in [2.75, 3.05) is 0 Å². The van der Waals surface area contributed by atoms with Crippen LogP contribution in [0.3, 0.4) is 0 Å². The third-order valence-corrected chi connectivity index (χ3v) is 2.67. The summed E-state index contributed by atoms with van der Waals surface area (Å²) in [6, 6.07) is 6.69. The Labute approximate surface area is 116 Å². The Morgan fingerprint density at radius 1 is 1.15 bits per heavy atom. The van der Waals surface area contributed by atoms with E-state index in [1.54, 1.807) is 24.3 Å². The van der Waals surface area contributed by atoms with Crippen LogP contribution in [0.4, 0.5) is 0 Å². The van der Waals surface area contributed by atoms with Crippen LogP contribution in [0.1, 0.15) is 30.1 Å². The van der Waals surface area contributed by atoms with E-state index in [1.165, 1.54) is 12.5 Å². The van der Waals surface area contributed by atoms with E-state index in [0.717, 1.165) is 0 Å². The van der Waals surface area contributed by atoms with E-state index in [0.29, 0.717) is 17.1 Å². The van der Waals surface area contributed by atoms with Gasteiger partial charge >= 0.3 is 0 Å². The lowest BCUT2D eigenvalue weighted by molar-refractivity contribution is 0.155. The van der Waals surface area contributed by atoms with Gasteiger partial charge in [-0.2, -0.15) is 0 Å². The van der Waals surface area contributed by atoms with E-state index in [2.05, 4.69) is 24.2 Å². The molecule has 2 aromatic heterocycles. The first-order valence-corrected chi connectivity index (χ1v) is 6.04. The molecule has 2 unspecified atom stereocenters. The van der Waals surface area contributed by atoms with E-state index < -0.39 is 12.2 Å². The molecule has 0 saturated heterocycles. The monoisotopic (exact) mass is 270 g/mol. The molecule has 0 bridgehead atoms. The lowest BCUT2D eigenvalue weighted by Crippen LogP contribution is -1.98. The number of hydrogen-bond acceptors (Lipinski definition) is 4. The van der Waals surface area contributed by atoms with E-state index >= 15 is 0 Å². The molecule has 2 heterocycles. The van der Waals surface area contributed by atoms with Gasteiger partial charge in [-0.15, -0.1) is 5.73 Å². The third-order valence-electron chi connectivity index (χ3n) is 2.67. The fourth-order valence-electron chi connectivity index (χ4n) is 1.62. The zero-order valence-corrected chi connectivity index (χ0v) is 10.7. The molecule has 0 radical (unpaired) electrons. The fraction of sp³-hybridized carbons (Fsp3) is 0.188. The van der Waals surface area contributed by atoms with Crippen LogP contribution in [0.5, 0.6) is 0 Å². The lowest BCUT2D eigenvalue weighted by atomic mass is 10.1. The molecule has 0 aliphatic carbocycles. The van der Waals surface area contributed by atoms with Gasteiger partial charge in [-0.25, -0.2) is 0 Å². The zero-order chi connectivity index (χ0) is 14.4. The van der Waals surface area contributed by atoms with Gasteiger partial charge in [0.15, 0.2) is 6.10 Å². The van der Waals surface area contributed by atoms with Gasteiger partial charge in [0.2, 0.25) is 0 Å². The summed E-state index contributed by atoms with van der Waals surface area (Å²) < 4.78 is 10.2. The molecule has 0 aliphatic heterocycles. The Balaban J connectivity index is 2.01. The van der Waals surface area contributed by atoms with Gasteiger partial charge in [0, 0.05) is 6.42 Å². The molecule has 0 aliphatic rings. The molecule has 2 rings (SSSR count). The molecule has 2 atom stereocenters.